The van der Waals surface area contributed by atoms with E-state index in [0.717, 1.165) is 11.0 Å². The molecule has 0 aliphatic rings. The van der Waals surface area contributed by atoms with E-state index < -0.39 is 0 Å². The third kappa shape index (κ3) is 9.22. The topological polar surface area (TPSA) is 38.3 Å². The van der Waals surface area contributed by atoms with E-state index in [0.29, 0.717) is 13.2 Å². The Morgan fingerprint density at radius 1 is 1.50 bits per heavy atom. The minimum absolute atomic E-state index is 0.208. The average Bonchev–Trinajstić information content (AvgIpc) is 2.02. The fraction of sp³-hybridized carbons (Fsp3) is 0.700. The van der Waals surface area contributed by atoms with Gasteiger partial charge in [0.05, 0.1) is 27.7 Å². The lowest BCUT2D eigenvalue weighted by atomic mass is 10.5. The number of carbonyl (C=O) groups excluding carboxylic acids is 1. The van der Waals surface area contributed by atoms with E-state index in [1.807, 2.05) is 0 Å². The second kappa shape index (κ2) is 6.56. The summed E-state index contributed by atoms with van der Waals surface area (Å²) in [4.78, 5) is 11.1. The van der Waals surface area contributed by atoms with Gasteiger partial charge in [0.1, 0.15) is 13.2 Å². The van der Waals surface area contributed by atoms with Gasteiger partial charge in [-0.05, 0) is 0 Å². The van der Waals surface area contributed by atoms with Gasteiger partial charge in [0, 0.05) is 6.54 Å². The summed E-state index contributed by atoms with van der Waals surface area (Å²) in [6.45, 7) is 5.71. The molecule has 0 aliphatic heterocycles. The van der Waals surface area contributed by atoms with Crippen molar-refractivity contribution in [2.24, 2.45) is 0 Å². The molecular weight excluding hydrogens is 180 g/mol. The van der Waals surface area contributed by atoms with E-state index in [1.165, 1.54) is 0 Å². The van der Waals surface area contributed by atoms with E-state index in [4.69, 9.17) is 4.74 Å². The zero-order valence-corrected chi connectivity index (χ0v) is 9.38. The maximum absolute atomic E-state index is 11.1. The Labute approximate surface area is 86.1 Å². The highest BCUT2D eigenvalue weighted by molar-refractivity contribution is 5.71. The predicted octanol–water partition coefficient (Wildman–Crippen LogP) is 0.0114. The molecule has 0 fully saturated rings. The highest BCUT2D eigenvalue weighted by Crippen LogP contribution is 1.89. The minimum atomic E-state index is -0.208. The average molecular weight is 201 g/mol. The third-order valence-corrected chi connectivity index (χ3v) is 1.58. The second-order valence-electron chi connectivity index (χ2n) is 4.15. The van der Waals surface area contributed by atoms with Crippen molar-refractivity contribution >= 4 is 5.97 Å². The summed E-state index contributed by atoms with van der Waals surface area (Å²) in [5, 5.41) is 2.88. The van der Waals surface area contributed by atoms with Gasteiger partial charge in [-0.3, -0.25) is 4.79 Å². The Kier molecular flexibility index (Phi) is 6.16. The minimum Gasteiger partial charge on any atom is -0.459 e. The Morgan fingerprint density at radius 3 is 2.64 bits per heavy atom. The molecule has 0 unspecified atom stereocenters. The normalized spacial score (nSPS) is 11.1. The molecule has 0 radical (unpaired) electrons. The lowest BCUT2D eigenvalue weighted by Gasteiger charge is -2.23. The molecule has 0 amide bonds. The summed E-state index contributed by atoms with van der Waals surface area (Å²) >= 11 is 0. The smallest absolute Gasteiger partial charge is 0.320 e. The summed E-state index contributed by atoms with van der Waals surface area (Å²) in [6, 6.07) is 0. The maximum Gasteiger partial charge on any atom is 0.320 e. The quantitative estimate of drug-likeness (QED) is 0.273. The van der Waals surface area contributed by atoms with E-state index in [1.54, 1.807) is 6.08 Å². The first kappa shape index (κ1) is 13.1. The molecule has 0 rings (SSSR count). The highest BCUT2D eigenvalue weighted by atomic mass is 16.5. The fourth-order valence-electron chi connectivity index (χ4n) is 0.761. The number of hydrogen-bond donors (Lipinski definition) is 1. The second-order valence-corrected chi connectivity index (χ2v) is 4.15. The summed E-state index contributed by atoms with van der Waals surface area (Å²) in [6.07, 6.45) is 1.71. The Morgan fingerprint density at radius 2 is 2.14 bits per heavy atom. The summed E-state index contributed by atoms with van der Waals surface area (Å²) in [5.41, 5.74) is 0. The van der Waals surface area contributed by atoms with Crippen molar-refractivity contribution < 1.29 is 14.0 Å². The number of carbonyl (C=O) groups is 1. The predicted molar refractivity (Wildman–Crippen MR) is 56.9 cm³/mol. The first-order valence-electron chi connectivity index (χ1n) is 4.73. The van der Waals surface area contributed by atoms with Gasteiger partial charge in [0.25, 0.3) is 0 Å². The number of hydrogen-bond acceptors (Lipinski definition) is 3. The van der Waals surface area contributed by atoms with Crippen LogP contribution in [0, 0.1) is 0 Å². The van der Waals surface area contributed by atoms with Crippen LogP contribution in [0.5, 0.6) is 0 Å². The van der Waals surface area contributed by atoms with Crippen LogP contribution in [0.3, 0.4) is 0 Å². The molecule has 0 aromatic rings. The molecule has 0 aromatic heterocycles. The van der Waals surface area contributed by atoms with Crippen molar-refractivity contribution in [2.45, 2.75) is 0 Å². The molecule has 0 aliphatic carbocycles. The number of nitrogens with zero attached hydrogens (tertiary/aromatic N) is 1. The molecule has 0 bridgehead atoms. The molecule has 0 saturated carbocycles. The van der Waals surface area contributed by atoms with Crippen LogP contribution in [0.1, 0.15) is 0 Å². The monoisotopic (exact) mass is 201 g/mol. The van der Waals surface area contributed by atoms with Crippen molar-refractivity contribution in [3.8, 4) is 0 Å². The van der Waals surface area contributed by atoms with Crippen LogP contribution in [-0.2, 0) is 9.53 Å². The zero-order valence-electron chi connectivity index (χ0n) is 9.38. The van der Waals surface area contributed by atoms with Gasteiger partial charge < -0.3 is 14.5 Å². The van der Waals surface area contributed by atoms with Crippen molar-refractivity contribution in [3.63, 3.8) is 0 Å². The number of rotatable bonds is 7. The Balaban J connectivity index is 3.40. The Hall–Kier alpha value is -0.870. The number of quaternary nitrogens is 1. The Bertz CT molecular complexity index is 185. The van der Waals surface area contributed by atoms with Gasteiger partial charge in [-0.1, -0.05) is 6.08 Å². The van der Waals surface area contributed by atoms with E-state index in [2.05, 4.69) is 33.0 Å². The highest BCUT2D eigenvalue weighted by Gasteiger charge is 2.08. The van der Waals surface area contributed by atoms with Gasteiger partial charge in [0.2, 0.25) is 0 Å². The van der Waals surface area contributed by atoms with Gasteiger partial charge in [0.15, 0.2) is 0 Å². The summed E-state index contributed by atoms with van der Waals surface area (Å²) in [5.74, 6) is -0.208. The summed E-state index contributed by atoms with van der Waals surface area (Å²) < 4.78 is 5.81. The lowest BCUT2D eigenvalue weighted by Crippen LogP contribution is -2.38. The van der Waals surface area contributed by atoms with Crippen LogP contribution in [0.2, 0.25) is 0 Å². The molecule has 0 spiro atoms. The summed E-state index contributed by atoms with van der Waals surface area (Å²) in [7, 11) is 6.18. The lowest BCUT2D eigenvalue weighted by molar-refractivity contribution is -0.870. The first-order valence-corrected chi connectivity index (χ1v) is 4.73. The molecule has 82 valence electrons. The van der Waals surface area contributed by atoms with Crippen LogP contribution in [0.15, 0.2) is 12.7 Å². The van der Waals surface area contributed by atoms with Crippen molar-refractivity contribution in [1.82, 2.24) is 5.32 Å². The molecule has 1 N–H and O–H groups in total. The molecular formula is C10H21N2O2+. The van der Waals surface area contributed by atoms with E-state index >= 15 is 0 Å². The molecule has 0 atom stereocenters. The molecule has 4 nitrogen and oxygen atoms in total. The van der Waals surface area contributed by atoms with Gasteiger partial charge in [-0.25, -0.2) is 0 Å². The van der Waals surface area contributed by atoms with Crippen LogP contribution in [-0.4, -0.2) is 57.8 Å². The number of ether oxygens (including phenoxy) is 1. The van der Waals surface area contributed by atoms with Crippen LogP contribution < -0.4 is 5.32 Å². The van der Waals surface area contributed by atoms with Crippen molar-refractivity contribution in [1.29, 1.82) is 0 Å². The van der Waals surface area contributed by atoms with Crippen molar-refractivity contribution in [3.05, 3.63) is 12.7 Å². The van der Waals surface area contributed by atoms with Gasteiger partial charge in [-0.2, -0.15) is 0 Å². The maximum atomic E-state index is 11.1. The standard InChI is InChI=1S/C10H21N2O2/c1-5-6-11-9-10(13)14-8-7-12(2,3)4/h5,11H,1,6-9H2,2-4H3/q+1. The number of nitrogens with one attached hydrogen (secondary N) is 1. The van der Waals surface area contributed by atoms with E-state index in [9.17, 15) is 4.79 Å². The van der Waals surface area contributed by atoms with Gasteiger partial charge >= 0.3 is 5.97 Å². The molecule has 0 heterocycles. The third-order valence-electron chi connectivity index (χ3n) is 1.58. The fourth-order valence-corrected chi connectivity index (χ4v) is 0.761. The largest absolute Gasteiger partial charge is 0.459 e. The number of esters is 1. The van der Waals surface area contributed by atoms with Crippen molar-refractivity contribution in [2.75, 3.05) is 47.4 Å². The van der Waals surface area contributed by atoms with E-state index in [-0.39, 0.29) is 12.5 Å². The molecule has 4 heteroatoms. The van der Waals surface area contributed by atoms with Gasteiger partial charge in [-0.15, -0.1) is 6.58 Å². The number of likely N-dealkylation sites (N-methyl/N-ethyl adjacent to an activating group) is 1. The molecule has 0 saturated heterocycles. The zero-order chi connectivity index (χ0) is 11.0. The SMILES string of the molecule is C=CCNCC(=O)OCC[N+](C)(C)C. The van der Waals surface area contributed by atoms with Crippen LogP contribution in [0.4, 0.5) is 0 Å². The molecule has 14 heavy (non-hydrogen) atoms. The first-order chi connectivity index (χ1) is 6.45. The van der Waals surface area contributed by atoms with Crippen LogP contribution >= 0.6 is 0 Å². The molecule has 0 aromatic carbocycles. The van der Waals surface area contributed by atoms with Crippen LogP contribution in [0.25, 0.3) is 0 Å².